The topological polar surface area (TPSA) is 69.2 Å². The molecule has 0 bridgehead atoms. The Bertz CT molecular complexity index is 523. The van der Waals surface area contributed by atoms with E-state index < -0.39 is 0 Å². The van der Waals surface area contributed by atoms with E-state index >= 15 is 0 Å². The molecule has 0 unspecified atom stereocenters. The van der Waals surface area contributed by atoms with Gasteiger partial charge >= 0.3 is 0 Å². The number of rotatable bonds is 4. The lowest BCUT2D eigenvalue weighted by Gasteiger charge is -2.23. The van der Waals surface area contributed by atoms with E-state index in [1.807, 2.05) is 6.08 Å². The average molecular weight is 295 g/mol. The second-order valence-electron chi connectivity index (χ2n) is 5.22. The molecule has 1 aliphatic rings. The molecule has 0 saturated heterocycles. The van der Waals surface area contributed by atoms with Gasteiger partial charge in [-0.25, -0.2) is 0 Å². The van der Waals surface area contributed by atoms with E-state index in [-0.39, 0.29) is 10.6 Å². The molecule has 1 fully saturated rings. The molecule has 0 aromatic heterocycles. The molecule has 5 heteroatoms. The minimum absolute atomic E-state index is 0.0798. The third-order valence-electron chi connectivity index (χ3n) is 3.89. The summed E-state index contributed by atoms with van der Waals surface area (Å²) >= 11 is 5.95. The van der Waals surface area contributed by atoms with E-state index in [1.54, 1.807) is 12.1 Å². The first-order valence-corrected chi connectivity index (χ1v) is 7.34. The molecule has 1 saturated carbocycles. The highest BCUT2D eigenvalue weighted by Crippen LogP contribution is 2.32. The predicted octanol–water partition coefficient (Wildman–Crippen LogP) is 4.17. The molecule has 0 heterocycles. The SMILES string of the molecule is NC/C(=C/c1cc(Cl)ccc1[N+](=O)[O-])C1CCCCC1. The van der Waals surface area contributed by atoms with Crippen molar-refractivity contribution < 1.29 is 4.92 Å². The molecule has 2 rings (SSSR count). The molecular weight excluding hydrogens is 276 g/mol. The average Bonchev–Trinajstić information content (AvgIpc) is 2.45. The van der Waals surface area contributed by atoms with Crippen LogP contribution in [0.1, 0.15) is 37.7 Å². The molecule has 20 heavy (non-hydrogen) atoms. The van der Waals surface area contributed by atoms with Crippen LogP contribution < -0.4 is 5.73 Å². The van der Waals surface area contributed by atoms with Gasteiger partial charge in [0.1, 0.15) is 0 Å². The van der Waals surface area contributed by atoms with Crippen LogP contribution >= 0.6 is 11.6 Å². The highest BCUT2D eigenvalue weighted by atomic mass is 35.5. The number of hydrogen-bond donors (Lipinski definition) is 1. The number of benzene rings is 1. The van der Waals surface area contributed by atoms with E-state index in [2.05, 4.69) is 0 Å². The van der Waals surface area contributed by atoms with E-state index in [1.165, 1.54) is 25.3 Å². The lowest BCUT2D eigenvalue weighted by molar-refractivity contribution is -0.385. The van der Waals surface area contributed by atoms with Crippen LogP contribution in [0.2, 0.25) is 5.02 Å². The molecule has 4 nitrogen and oxygen atoms in total. The zero-order valence-corrected chi connectivity index (χ0v) is 12.1. The van der Waals surface area contributed by atoms with Crippen molar-refractivity contribution in [3.05, 3.63) is 44.5 Å². The van der Waals surface area contributed by atoms with Gasteiger partial charge in [0.15, 0.2) is 0 Å². The molecule has 2 N–H and O–H groups in total. The highest BCUT2D eigenvalue weighted by Gasteiger charge is 2.19. The Hall–Kier alpha value is -1.39. The lowest BCUT2D eigenvalue weighted by atomic mass is 9.83. The number of hydrogen-bond acceptors (Lipinski definition) is 3. The molecular formula is C15H19ClN2O2. The zero-order chi connectivity index (χ0) is 14.5. The van der Waals surface area contributed by atoms with E-state index in [0.717, 1.165) is 18.4 Å². The Kier molecular flexibility index (Phi) is 5.15. The summed E-state index contributed by atoms with van der Waals surface area (Å²) in [6, 6.07) is 4.63. The highest BCUT2D eigenvalue weighted by molar-refractivity contribution is 6.30. The van der Waals surface area contributed by atoms with Gasteiger partial charge < -0.3 is 5.73 Å². The van der Waals surface area contributed by atoms with E-state index in [0.29, 0.717) is 23.0 Å². The monoisotopic (exact) mass is 294 g/mol. The van der Waals surface area contributed by atoms with Gasteiger partial charge in [0.05, 0.1) is 10.5 Å². The number of halogens is 1. The number of nitro benzene ring substituents is 1. The summed E-state index contributed by atoms with van der Waals surface area (Å²) in [6.07, 6.45) is 7.79. The normalized spacial score (nSPS) is 17.2. The Morgan fingerprint density at radius 2 is 2.10 bits per heavy atom. The minimum atomic E-state index is -0.378. The first kappa shape index (κ1) is 15.0. The maximum Gasteiger partial charge on any atom is 0.276 e. The van der Waals surface area contributed by atoms with Gasteiger partial charge in [-0.05, 0) is 37.0 Å². The zero-order valence-electron chi connectivity index (χ0n) is 11.3. The Morgan fingerprint density at radius 3 is 2.70 bits per heavy atom. The second kappa shape index (κ2) is 6.86. The van der Waals surface area contributed by atoms with Crippen LogP contribution in [-0.2, 0) is 0 Å². The summed E-state index contributed by atoms with van der Waals surface area (Å²) in [5.74, 6) is 0.451. The van der Waals surface area contributed by atoms with Crippen LogP contribution in [0, 0.1) is 16.0 Å². The number of nitrogens with two attached hydrogens (primary N) is 1. The van der Waals surface area contributed by atoms with Crippen molar-refractivity contribution in [2.45, 2.75) is 32.1 Å². The predicted molar refractivity (Wildman–Crippen MR) is 81.7 cm³/mol. The quantitative estimate of drug-likeness (QED) is 0.669. The maximum atomic E-state index is 11.1. The largest absolute Gasteiger partial charge is 0.327 e. The fraction of sp³-hybridized carbons (Fsp3) is 0.467. The molecule has 0 atom stereocenters. The summed E-state index contributed by atoms with van der Waals surface area (Å²) in [7, 11) is 0. The maximum absolute atomic E-state index is 11.1. The standard InChI is InChI=1S/C15H19ClN2O2/c16-14-6-7-15(18(19)20)12(9-14)8-13(10-17)11-4-2-1-3-5-11/h6-9,11H,1-5,10,17H2/b13-8-. The lowest BCUT2D eigenvalue weighted by Crippen LogP contribution is -2.16. The molecule has 0 spiro atoms. The van der Waals surface area contributed by atoms with Crippen molar-refractivity contribution in [1.29, 1.82) is 0 Å². The molecule has 0 amide bonds. The fourth-order valence-corrected chi connectivity index (χ4v) is 3.00. The van der Waals surface area contributed by atoms with Crippen molar-refractivity contribution in [3.8, 4) is 0 Å². The summed E-state index contributed by atoms with van der Waals surface area (Å²) in [6.45, 7) is 0.439. The number of nitro groups is 1. The molecule has 1 aromatic rings. The smallest absolute Gasteiger partial charge is 0.276 e. The third-order valence-corrected chi connectivity index (χ3v) is 4.13. The molecule has 0 aliphatic heterocycles. The van der Waals surface area contributed by atoms with Crippen LogP contribution in [0.25, 0.3) is 6.08 Å². The van der Waals surface area contributed by atoms with Gasteiger partial charge in [-0.3, -0.25) is 10.1 Å². The van der Waals surface area contributed by atoms with Crippen molar-refractivity contribution in [2.24, 2.45) is 11.7 Å². The third kappa shape index (κ3) is 3.58. The van der Waals surface area contributed by atoms with Crippen molar-refractivity contribution in [3.63, 3.8) is 0 Å². The summed E-state index contributed by atoms with van der Waals surface area (Å²) in [4.78, 5) is 10.7. The number of nitrogens with zero attached hydrogens (tertiary/aromatic N) is 1. The van der Waals surface area contributed by atoms with Crippen molar-refractivity contribution in [2.75, 3.05) is 6.54 Å². The van der Waals surface area contributed by atoms with Crippen LogP contribution in [0.3, 0.4) is 0 Å². The van der Waals surface area contributed by atoms with Crippen molar-refractivity contribution in [1.82, 2.24) is 0 Å². The first-order chi connectivity index (χ1) is 9.61. The minimum Gasteiger partial charge on any atom is -0.327 e. The van der Waals surface area contributed by atoms with Crippen LogP contribution in [0.5, 0.6) is 0 Å². The van der Waals surface area contributed by atoms with Gasteiger partial charge in [-0.2, -0.15) is 0 Å². The Balaban J connectivity index is 2.35. The first-order valence-electron chi connectivity index (χ1n) is 6.96. The van der Waals surface area contributed by atoms with Crippen molar-refractivity contribution >= 4 is 23.4 Å². The molecule has 1 aliphatic carbocycles. The van der Waals surface area contributed by atoms with Crippen LogP contribution in [0.4, 0.5) is 5.69 Å². The van der Waals surface area contributed by atoms with Crippen LogP contribution in [-0.4, -0.2) is 11.5 Å². The summed E-state index contributed by atoms with van der Waals surface area (Å²) in [5.41, 5.74) is 7.57. The fourth-order valence-electron chi connectivity index (χ4n) is 2.82. The van der Waals surface area contributed by atoms with Gasteiger partial charge in [-0.1, -0.05) is 36.4 Å². The van der Waals surface area contributed by atoms with Gasteiger partial charge in [0, 0.05) is 17.6 Å². The second-order valence-corrected chi connectivity index (χ2v) is 5.65. The van der Waals surface area contributed by atoms with Crippen LogP contribution in [0.15, 0.2) is 23.8 Å². The summed E-state index contributed by atoms with van der Waals surface area (Å²) in [5, 5.41) is 11.6. The molecule has 1 aromatic carbocycles. The van der Waals surface area contributed by atoms with E-state index in [4.69, 9.17) is 17.3 Å². The van der Waals surface area contributed by atoms with E-state index in [9.17, 15) is 10.1 Å². The van der Waals surface area contributed by atoms with Gasteiger partial charge in [-0.15, -0.1) is 0 Å². The summed E-state index contributed by atoms with van der Waals surface area (Å²) < 4.78 is 0. The van der Waals surface area contributed by atoms with Gasteiger partial charge in [0.25, 0.3) is 5.69 Å². The molecule has 0 radical (unpaired) electrons. The molecule has 108 valence electrons. The Morgan fingerprint density at radius 1 is 1.40 bits per heavy atom. The van der Waals surface area contributed by atoms with Gasteiger partial charge in [0.2, 0.25) is 0 Å². The Labute approximate surface area is 123 Å².